The van der Waals surface area contributed by atoms with Crippen molar-refractivity contribution in [1.82, 2.24) is 20.4 Å². The molecular formula is C17H30ClF3N4O2. The molecule has 0 spiro atoms. The normalized spacial score (nSPS) is 20.7. The fourth-order valence-corrected chi connectivity index (χ4v) is 3.55. The largest absolute Gasteiger partial charge is 0.405 e. The first-order chi connectivity index (χ1) is 12.3. The molecular weight excluding hydrogens is 385 g/mol. The molecule has 2 aliphatic heterocycles. The molecule has 158 valence electrons. The first kappa shape index (κ1) is 24.0. The van der Waals surface area contributed by atoms with Crippen molar-refractivity contribution in [3.8, 4) is 0 Å². The van der Waals surface area contributed by atoms with Crippen molar-refractivity contribution >= 4 is 24.2 Å². The van der Waals surface area contributed by atoms with Crippen LogP contribution in [0.25, 0.3) is 0 Å². The highest BCUT2D eigenvalue weighted by atomic mass is 35.5. The number of halogens is 4. The van der Waals surface area contributed by atoms with E-state index in [1.807, 2.05) is 6.92 Å². The lowest BCUT2D eigenvalue weighted by atomic mass is 9.95. The Kier molecular flexibility index (Phi) is 9.83. The van der Waals surface area contributed by atoms with Crippen LogP contribution >= 0.6 is 12.4 Å². The summed E-state index contributed by atoms with van der Waals surface area (Å²) >= 11 is 0. The van der Waals surface area contributed by atoms with Crippen LogP contribution in [0.2, 0.25) is 0 Å². The van der Waals surface area contributed by atoms with Crippen LogP contribution in [0.3, 0.4) is 0 Å². The highest BCUT2D eigenvalue weighted by Crippen LogP contribution is 2.25. The van der Waals surface area contributed by atoms with Crippen LogP contribution in [0.5, 0.6) is 0 Å². The number of alkyl halides is 3. The van der Waals surface area contributed by atoms with Crippen molar-refractivity contribution in [2.75, 3.05) is 45.8 Å². The van der Waals surface area contributed by atoms with E-state index in [2.05, 4.69) is 10.6 Å². The van der Waals surface area contributed by atoms with Crippen molar-refractivity contribution in [1.29, 1.82) is 0 Å². The molecule has 2 saturated heterocycles. The molecule has 2 fully saturated rings. The van der Waals surface area contributed by atoms with Crippen LogP contribution in [0.15, 0.2) is 0 Å². The number of piperazine rings is 1. The summed E-state index contributed by atoms with van der Waals surface area (Å²) in [6.07, 6.45) is -2.09. The summed E-state index contributed by atoms with van der Waals surface area (Å²) in [6, 6.07) is -1.65. The summed E-state index contributed by atoms with van der Waals surface area (Å²) in [6.45, 7) is 4.19. The van der Waals surface area contributed by atoms with Gasteiger partial charge in [0.25, 0.3) is 0 Å². The number of hydrogen-bond acceptors (Lipinski definition) is 4. The average Bonchev–Trinajstić information content (AvgIpc) is 2.62. The molecule has 2 aliphatic rings. The van der Waals surface area contributed by atoms with E-state index in [-0.39, 0.29) is 30.1 Å². The molecule has 6 nitrogen and oxygen atoms in total. The first-order valence-electron chi connectivity index (χ1n) is 9.40. The molecule has 10 heteroatoms. The van der Waals surface area contributed by atoms with Gasteiger partial charge in [-0.1, -0.05) is 6.92 Å². The van der Waals surface area contributed by atoms with E-state index in [4.69, 9.17) is 0 Å². The van der Waals surface area contributed by atoms with Crippen molar-refractivity contribution in [3.05, 3.63) is 0 Å². The van der Waals surface area contributed by atoms with Gasteiger partial charge in [0.05, 0.1) is 0 Å². The number of rotatable bonds is 6. The Bertz CT molecular complexity index is 479. The van der Waals surface area contributed by atoms with Gasteiger partial charge in [-0.3, -0.25) is 14.5 Å². The summed E-state index contributed by atoms with van der Waals surface area (Å²) in [7, 11) is 0. The molecule has 0 saturated carbocycles. The van der Waals surface area contributed by atoms with Crippen LogP contribution in [0.4, 0.5) is 13.2 Å². The zero-order valence-electron chi connectivity index (χ0n) is 15.7. The lowest BCUT2D eigenvalue weighted by molar-refractivity contribution is -0.184. The summed E-state index contributed by atoms with van der Waals surface area (Å²) < 4.78 is 40.1. The van der Waals surface area contributed by atoms with E-state index in [1.54, 1.807) is 4.90 Å². The van der Waals surface area contributed by atoms with Crippen molar-refractivity contribution < 1.29 is 22.8 Å². The standard InChI is InChI=1S/C17H29F3N4O2.ClH/c1-2-3-15(25)24-8-4-13(5-9-24)16(26)22-12-14(17(18,19)20)23-10-6-21-7-11-23;/h13-14,21H,2-12H2,1H3,(H,22,26);1H. The molecule has 0 aromatic rings. The van der Waals surface area contributed by atoms with Gasteiger partial charge >= 0.3 is 6.18 Å². The van der Waals surface area contributed by atoms with Crippen LogP contribution in [0, 0.1) is 5.92 Å². The average molecular weight is 415 g/mol. The Morgan fingerprint density at radius 2 is 1.74 bits per heavy atom. The minimum Gasteiger partial charge on any atom is -0.354 e. The van der Waals surface area contributed by atoms with Gasteiger partial charge in [-0.2, -0.15) is 13.2 Å². The maximum Gasteiger partial charge on any atom is 0.405 e. The highest BCUT2D eigenvalue weighted by molar-refractivity contribution is 5.85. The second-order valence-corrected chi connectivity index (χ2v) is 6.99. The van der Waals surface area contributed by atoms with Gasteiger partial charge < -0.3 is 15.5 Å². The summed E-state index contributed by atoms with van der Waals surface area (Å²) in [4.78, 5) is 27.3. The maximum atomic E-state index is 13.4. The number of piperidine rings is 1. The second-order valence-electron chi connectivity index (χ2n) is 6.99. The van der Waals surface area contributed by atoms with Gasteiger partial charge in [-0.25, -0.2) is 0 Å². The second kappa shape index (κ2) is 11.1. The van der Waals surface area contributed by atoms with Gasteiger partial charge in [-0.15, -0.1) is 12.4 Å². The summed E-state index contributed by atoms with van der Waals surface area (Å²) in [5.74, 6) is -0.572. The topological polar surface area (TPSA) is 64.7 Å². The number of carbonyl (C=O) groups excluding carboxylic acids is 2. The number of carbonyl (C=O) groups is 2. The monoisotopic (exact) mass is 414 g/mol. The fraction of sp³-hybridized carbons (Fsp3) is 0.882. The van der Waals surface area contributed by atoms with Crippen molar-refractivity contribution in [2.24, 2.45) is 5.92 Å². The van der Waals surface area contributed by atoms with Crippen LogP contribution in [-0.4, -0.2) is 79.6 Å². The van der Waals surface area contributed by atoms with Gasteiger partial charge in [0, 0.05) is 58.2 Å². The molecule has 27 heavy (non-hydrogen) atoms. The molecule has 2 amide bonds. The van der Waals surface area contributed by atoms with Gasteiger partial charge in [-0.05, 0) is 19.3 Å². The Labute approximate surface area is 164 Å². The molecule has 1 unspecified atom stereocenters. The lowest BCUT2D eigenvalue weighted by Gasteiger charge is -2.36. The number of hydrogen-bond donors (Lipinski definition) is 2. The van der Waals surface area contributed by atoms with Gasteiger partial charge in [0.2, 0.25) is 11.8 Å². The number of nitrogens with zero attached hydrogens (tertiary/aromatic N) is 2. The predicted molar refractivity (Wildman–Crippen MR) is 98.8 cm³/mol. The van der Waals surface area contributed by atoms with E-state index in [0.29, 0.717) is 58.5 Å². The zero-order chi connectivity index (χ0) is 19.2. The molecule has 0 radical (unpaired) electrons. The highest BCUT2D eigenvalue weighted by Gasteiger charge is 2.44. The number of amides is 2. The minimum absolute atomic E-state index is 0. The minimum atomic E-state index is -4.37. The Hall–Kier alpha value is -1.06. The molecule has 0 bridgehead atoms. The molecule has 2 N–H and O–H groups in total. The molecule has 2 heterocycles. The first-order valence-corrected chi connectivity index (χ1v) is 9.40. The van der Waals surface area contributed by atoms with E-state index in [9.17, 15) is 22.8 Å². The van der Waals surface area contributed by atoms with Gasteiger partial charge in [0.15, 0.2) is 0 Å². The maximum absolute atomic E-state index is 13.4. The van der Waals surface area contributed by atoms with E-state index in [0.717, 1.165) is 6.42 Å². The number of likely N-dealkylation sites (tertiary alicyclic amines) is 1. The summed E-state index contributed by atoms with van der Waals surface area (Å²) in [5, 5.41) is 5.53. The Morgan fingerprint density at radius 1 is 1.15 bits per heavy atom. The number of nitrogens with one attached hydrogen (secondary N) is 2. The third-order valence-corrected chi connectivity index (χ3v) is 5.12. The third-order valence-electron chi connectivity index (χ3n) is 5.12. The third kappa shape index (κ3) is 7.12. The molecule has 0 aliphatic carbocycles. The molecule has 1 atom stereocenters. The Morgan fingerprint density at radius 3 is 2.26 bits per heavy atom. The van der Waals surface area contributed by atoms with Crippen LogP contribution < -0.4 is 10.6 Å². The van der Waals surface area contributed by atoms with Crippen molar-refractivity contribution in [2.45, 2.75) is 44.8 Å². The Balaban J connectivity index is 0.00000364. The predicted octanol–water partition coefficient (Wildman–Crippen LogP) is 1.40. The fourth-order valence-electron chi connectivity index (χ4n) is 3.55. The van der Waals surface area contributed by atoms with E-state index < -0.39 is 18.8 Å². The molecule has 0 aromatic heterocycles. The van der Waals surface area contributed by atoms with Crippen LogP contribution in [0.1, 0.15) is 32.6 Å². The molecule has 2 rings (SSSR count). The SMILES string of the molecule is CCCC(=O)N1CCC(C(=O)NCC(N2CCNCC2)C(F)(F)F)CC1.Cl. The molecule has 0 aromatic carbocycles. The smallest absolute Gasteiger partial charge is 0.354 e. The van der Waals surface area contributed by atoms with E-state index in [1.165, 1.54) is 4.90 Å². The summed E-state index contributed by atoms with van der Waals surface area (Å²) in [5.41, 5.74) is 0. The van der Waals surface area contributed by atoms with Crippen molar-refractivity contribution in [3.63, 3.8) is 0 Å². The lowest BCUT2D eigenvalue weighted by Crippen LogP contribution is -2.58. The van der Waals surface area contributed by atoms with E-state index >= 15 is 0 Å². The van der Waals surface area contributed by atoms with Crippen LogP contribution in [-0.2, 0) is 9.59 Å². The zero-order valence-corrected chi connectivity index (χ0v) is 16.5. The quantitative estimate of drug-likeness (QED) is 0.689. The van der Waals surface area contributed by atoms with Gasteiger partial charge in [0.1, 0.15) is 6.04 Å².